The van der Waals surface area contributed by atoms with Crippen LogP contribution in [0.2, 0.25) is 0 Å². The first-order valence-corrected chi connectivity index (χ1v) is 12.3. The van der Waals surface area contributed by atoms with E-state index in [0.29, 0.717) is 17.9 Å². The minimum Gasteiger partial charge on any atom is -0.487 e. The Morgan fingerprint density at radius 2 is 1.85 bits per heavy atom. The summed E-state index contributed by atoms with van der Waals surface area (Å²) < 4.78 is 8.13. The van der Waals surface area contributed by atoms with Gasteiger partial charge in [0.1, 0.15) is 31.1 Å². The zero-order valence-electron chi connectivity index (χ0n) is 19.6. The minimum absolute atomic E-state index is 0.0110. The molecule has 2 atom stereocenters. The molecule has 1 aliphatic carbocycles. The van der Waals surface area contributed by atoms with Gasteiger partial charge in [-0.15, -0.1) is 0 Å². The number of fused-ring (bicyclic) bond motifs is 2. The Labute approximate surface area is 195 Å². The fourth-order valence-corrected chi connectivity index (χ4v) is 5.01. The summed E-state index contributed by atoms with van der Waals surface area (Å²) in [5.41, 5.74) is 0.612. The van der Waals surface area contributed by atoms with E-state index in [1.54, 1.807) is 11.0 Å². The number of para-hydroxylation sites is 1. The van der Waals surface area contributed by atoms with Crippen molar-refractivity contribution < 1.29 is 14.3 Å². The van der Waals surface area contributed by atoms with Crippen LogP contribution in [0.4, 0.5) is 0 Å². The van der Waals surface area contributed by atoms with Gasteiger partial charge in [0, 0.05) is 19.6 Å². The number of hydrogen-bond donors (Lipinski definition) is 0. The smallest absolute Gasteiger partial charge is 0.257 e. The van der Waals surface area contributed by atoms with E-state index < -0.39 is 0 Å². The summed E-state index contributed by atoms with van der Waals surface area (Å²) >= 11 is 0. The highest BCUT2D eigenvalue weighted by Crippen LogP contribution is 2.30. The Morgan fingerprint density at radius 1 is 1.06 bits per heavy atom. The molecule has 178 valence electrons. The first-order chi connectivity index (χ1) is 16.2. The minimum atomic E-state index is -0.134. The molecule has 1 aliphatic heterocycles. The molecule has 2 aliphatic rings. The SMILES string of the molecule is CCN1CCCCCCN(C(=O)Cn2cncn2)[C@@H]2CCCC[C@@H]2Oc2ccccc2C1=O. The van der Waals surface area contributed by atoms with Crippen LogP contribution in [0.5, 0.6) is 5.75 Å². The van der Waals surface area contributed by atoms with E-state index in [-0.39, 0.29) is 30.5 Å². The number of nitrogens with zero attached hydrogens (tertiary/aromatic N) is 5. The highest BCUT2D eigenvalue weighted by Gasteiger charge is 2.35. The Balaban J connectivity index is 1.63. The van der Waals surface area contributed by atoms with Crippen LogP contribution in [0.25, 0.3) is 0 Å². The largest absolute Gasteiger partial charge is 0.487 e. The van der Waals surface area contributed by atoms with E-state index in [9.17, 15) is 9.59 Å². The van der Waals surface area contributed by atoms with Gasteiger partial charge in [-0.1, -0.05) is 31.4 Å². The van der Waals surface area contributed by atoms with E-state index in [4.69, 9.17) is 4.74 Å². The summed E-state index contributed by atoms with van der Waals surface area (Å²) in [6.45, 7) is 4.36. The van der Waals surface area contributed by atoms with Gasteiger partial charge in [0.25, 0.3) is 5.91 Å². The Kier molecular flexibility index (Phi) is 7.96. The zero-order chi connectivity index (χ0) is 23.0. The number of benzene rings is 1. The number of carbonyl (C=O) groups excluding carboxylic acids is 2. The van der Waals surface area contributed by atoms with Crippen LogP contribution in [0.15, 0.2) is 36.9 Å². The van der Waals surface area contributed by atoms with Gasteiger partial charge in [-0.2, -0.15) is 5.10 Å². The summed E-state index contributed by atoms with van der Waals surface area (Å²) in [5.74, 6) is 0.699. The molecule has 0 saturated heterocycles. The number of carbonyl (C=O) groups is 2. The molecule has 2 amide bonds. The van der Waals surface area contributed by atoms with Crippen molar-refractivity contribution in [2.24, 2.45) is 0 Å². The number of amides is 2. The lowest BCUT2D eigenvalue weighted by Crippen LogP contribution is -2.52. The Bertz CT molecular complexity index is 917. The molecule has 2 heterocycles. The van der Waals surface area contributed by atoms with Gasteiger partial charge in [-0.05, 0) is 51.2 Å². The maximum absolute atomic E-state index is 13.4. The maximum Gasteiger partial charge on any atom is 0.257 e. The van der Waals surface area contributed by atoms with Crippen LogP contribution in [-0.2, 0) is 11.3 Å². The summed E-state index contributed by atoms with van der Waals surface area (Å²) in [6.07, 6.45) is 10.8. The molecular weight excluding hydrogens is 418 g/mol. The van der Waals surface area contributed by atoms with Crippen LogP contribution in [-0.4, -0.2) is 68.2 Å². The van der Waals surface area contributed by atoms with Crippen molar-refractivity contribution in [1.82, 2.24) is 24.6 Å². The second-order valence-corrected chi connectivity index (χ2v) is 8.98. The van der Waals surface area contributed by atoms with Gasteiger partial charge < -0.3 is 14.5 Å². The molecule has 1 fully saturated rings. The molecule has 0 bridgehead atoms. The van der Waals surface area contributed by atoms with Crippen LogP contribution in [0.1, 0.15) is 68.6 Å². The summed E-state index contributed by atoms with van der Waals surface area (Å²) in [5, 5.41) is 4.12. The van der Waals surface area contributed by atoms with Crippen LogP contribution >= 0.6 is 0 Å². The zero-order valence-corrected chi connectivity index (χ0v) is 19.6. The van der Waals surface area contributed by atoms with Gasteiger partial charge in [-0.3, -0.25) is 9.59 Å². The van der Waals surface area contributed by atoms with Crippen molar-refractivity contribution in [1.29, 1.82) is 0 Å². The fraction of sp³-hybridized carbons (Fsp3) is 0.600. The molecule has 0 spiro atoms. The van der Waals surface area contributed by atoms with Gasteiger partial charge in [-0.25, -0.2) is 9.67 Å². The third-order valence-corrected chi connectivity index (χ3v) is 6.79. The van der Waals surface area contributed by atoms with Crippen molar-refractivity contribution in [2.75, 3.05) is 19.6 Å². The lowest BCUT2D eigenvalue weighted by molar-refractivity contribution is -0.137. The number of rotatable bonds is 3. The number of hydrogen-bond acceptors (Lipinski definition) is 5. The standard InChI is InChI=1S/C25H35N5O3/c1-2-28-15-9-3-4-10-16-30(24(31)17-29-19-26-18-27-29)21-12-6-8-14-23(21)33-22-13-7-5-11-20(22)25(28)32/h5,7,11,13,18-19,21,23H,2-4,6,8-10,12,14-17H2,1H3/t21-,23+/m1/s1. The van der Waals surface area contributed by atoms with Crippen molar-refractivity contribution in [3.8, 4) is 5.75 Å². The number of aromatic nitrogens is 3. The maximum atomic E-state index is 13.4. The molecule has 1 aromatic heterocycles. The molecule has 4 rings (SSSR count). The van der Waals surface area contributed by atoms with Gasteiger partial charge in [0.15, 0.2) is 0 Å². The highest BCUT2D eigenvalue weighted by molar-refractivity contribution is 5.97. The van der Waals surface area contributed by atoms with E-state index in [1.807, 2.05) is 41.0 Å². The lowest BCUT2D eigenvalue weighted by atomic mass is 9.90. The lowest BCUT2D eigenvalue weighted by Gasteiger charge is -2.40. The summed E-state index contributed by atoms with van der Waals surface area (Å²) in [6, 6.07) is 7.54. The average Bonchev–Trinajstić information content (AvgIpc) is 3.34. The quantitative estimate of drug-likeness (QED) is 0.710. The number of ether oxygens (including phenoxy) is 1. The average molecular weight is 454 g/mol. The topological polar surface area (TPSA) is 80.6 Å². The highest BCUT2D eigenvalue weighted by atomic mass is 16.5. The third kappa shape index (κ3) is 5.72. The predicted molar refractivity (Wildman–Crippen MR) is 125 cm³/mol. The van der Waals surface area contributed by atoms with Gasteiger partial charge in [0.2, 0.25) is 5.91 Å². The molecular formula is C25H35N5O3. The van der Waals surface area contributed by atoms with Gasteiger partial charge in [0.05, 0.1) is 11.6 Å². The summed E-state index contributed by atoms with van der Waals surface area (Å²) in [7, 11) is 0. The van der Waals surface area contributed by atoms with E-state index in [0.717, 1.165) is 64.5 Å². The Morgan fingerprint density at radius 3 is 2.64 bits per heavy atom. The van der Waals surface area contributed by atoms with Crippen molar-refractivity contribution >= 4 is 11.8 Å². The molecule has 0 N–H and O–H groups in total. The summed E-state index contributed by atoms with van der Waals surface area (Å²) in [4.78, 5) is 34.6. The normalized spacial score (nSPS) is 22.6. The van der Waals surface area contributed by atoms with E-state index in [1.165, 1.54) is 6.33 Å². The van der Waals surface area contributed by atoms with Gasteiger partial charge >= 0.3 is 0 Å². The first kappa shape index (κ1) is 23.3. The predicted octanol–water partition coefficient (Wildman–Crippen LogP) is 3.53. The first-order valence-electron chi connectivity index (χ1n) is 12.3. The molecule has 0 radical (unpaired) electrons. The molecule has 8 heteroatoms. The molecule has 2 aromatic rings. The molecule has 1 aromatic carbocycles. The molecule has 1 saturated carbocycles. The van der Waals surface area contributed by atoms with Crippen LogP contribution < -0.4 is 4.74 Å². The van der Waals surface area contributed by atoms with Crippen LogP contribution in [0.3, 0.4) is 0 Å². The fourth-order valence-electron chi connectivity index (χ4n) is 5.01. The van der Waals surface area contributed by atoms with Crippen molar-refractivity contribution in [2.45, 2.75) is 77.0 Å². The van der Waals surface area contributed by atoms with Crippen molar-refractivity contribution in [3.05, 3.63) is 42.5 Å². The van der Waals surface area contributed by atoms with Crippen LogP contribution in [0, 0.1) is 0 Å². The molecule has 33 heavy (non-hydrogen) atoms. The van der Waals surface area contributed by atoms with E-state index in [2.05, 4.69) is 10.1 Å². The van der Waals surface area contributed by atoms with E-state index >= 15 is 0 Å². The Hall–Kier alpha value is -2.90. The third-order valence-electron chi connectivity index (χ3n) is 6.79. The van der Waals surface area contributed by atoms with Crippen molar-refractivity contribution in [3.63, 3.8) is 0 Å². The second-order valence-electron chi connectivity index (χ2n) is 8.98. The molecule has 8 nitrogen and oxygen atoms in total. The molecule has 0 unspecified atom stereocenters. The monoisotopic (exact) mass is 453 g/mol. The second kappa shape index (κ2) is 11.3.